The van der Waals surface area contributed by atoms with Gasteiger partial charge in [0.25, 0.3) is 5.92 Å². The number of halogens is 2. The van der Waals surface area contributed by atoms with Crippen molar-refractivity contribution in [2.24, 2.45) is 5.41 Å². The minimum Gasteiger partial charge on any atom is -0.481 e. The van der Waals surface area contributed by atoms with Crippen molar-refractivity contribution in [3.05, 3.63) is 22.4 Å². The first-order valence-electron chi connectivity index (χ1n) is 6.57. The summed E-state index contributed by atoms with van der Waals surface area (Å²) in [6.45, 7) is 0. The summed E-state index contributed by atoms with van der Waals surface area (Å²) < 4.78 is 28.6. The molecule has 1 aromatic heterocycles. The fraction of sp³-hybridized carbons (Fsp3) is 0.643. The Kier molecular flexibility index (Phi) is 4.23. The van der Waals surface area contributed by atoms with Crippen LogP contribution in [0.5, 0.6) is 0 Å². The van der Waals surface area contributed by atoms with Gasteiger partial charge < -0.3 is 5.11 Å². The summed E-state index contributed by atoms with van der Waals surface area (Å²) in [6, 6.07) is 3.04. The number of thiophene rings is 1. The average molecular weight is 288 g/mol. The molecule has 1 N–H and O–H groups in total. The standard InChI is InChI=1S/C14H18F2O2S/c15-14(16,11-5-4-8-19-11)10-13(9-12(17)18)6-2-1-3-7-13/h4-5,8H,1-3,6-7,9-10H2,(H,17,18). The van der Waals surface area contributed by atoms with Crippen LogP contribution in [0.2, 0.25) is 0 Å². The molecule has 0 saturated heterocycles. The Morgan fingerprint density at radius 3 is 2.58 bits per heavy atom. The Morgan fingerprint density at radius 1 is 1.37 bits per heavy atom. The molecule has 0 atom stereocenters. The summed E-state index contributed by atoms with van der Waals surface area (Å²) in [5.41, 5.74) is -0.739. The molecule has 1 saturated carbocycles. The molecule has 0 bridgehead atoms. The lowest BCUT2D eigenvalue weighted by atomic mass is 9.68. The number of rotatable bonds is 5. The van der Waals surface area contributed by atoms with E-state index in [9.17, 15) is 13.6 Å². The molecule has 0 spiro atoms. The first-order valence-corrected chi connectivity index (χ1v) is 7.45. The fourth-order valence-corrected chi connectivity index (χ4v) is 3.79. The number of hydrogen-bond acceptors (Lipinski definition) is 2. The summed E-state index contributed by atoms with van der Waals surface area (Å²) >= 11 is 1.04. The molecule has 106 valence electrons. The lowest BCUT2D eigenvalue weighted by Crippen LogP contribution is -2.33. The Morgan fingerprint density at radius 2 is 2.05 bits per heavy atom. The average Bonchev–Trinajstić information content (AvgIpc) is 2.81. The molecule has 5 heteroatoms. The van der Waals surface area contributed by atoms with Crippen LogP contribution in [-0.2, 0) is 10.7 Å². The topological polar surface area (TPSA) is 37.3 Å². The van der Waals surface area contributed by atoms with E-state index in [1.165, 1.54) is 6.07 Å². The van der Waals surface area contributed by atoms with Crippen LogP contribution in [-0.4, -0.2) is 11.1 Å². The summed E-state index contributed by atoms with van der Waals surface area (Å²) in [4.78, 5) is 11.0. The van der Waals surface area contributed by atoms with Gasteiger partial charge >= 0.3 is 5.97 Å². The molecule has 0 radical (unpaired) electrons. The summed E-state index contributed by atoms with van der Waals surface area (Å²) in [5.74, 6) is -3.88. The maximum absolute atomic E-state index is 14.3. The van der Waals surface area contributed by atoms with E-state index >= 15 is 0 Å². The van der Waals surface area contributed by atoms with Crippen LogP contribution in [0.25, 0.3) is 0 Å². The van der Waals surface area contributed by atoms with Gasteiger partial charge in [0.15, 0.2) is 0 Å². The Labute approximate surface area is 115 Å². The highest BCUT2D eigenvalue weighted by molar-refractivity contribution is 7.10. The minimum absolute atomic E-state index is 0.0443. The van der Waals surface area contributed by atoms with Gasteiger partial charge in [-0.05, 0) is 29.7 Å². The van der Waals surface area contributed by atoms with E-state index in [1.54, 1.807) is 11.4 Å². The molecule has 1 aromatic rings. The van der Waals surface area contributed by atoms with E-state index in [2.05, 4.69) is 0 Å². The molecule has 0 unspecified atom stereocenters. The van der Waals surface area contributed by atoms with Gasteiger partial charge in [0.05, 0.1) is 11.3 Å². The zero-order valence-electron chi connectivity index (χ0n) is 10.7. The monoisotopic (exact) mass is 288 g/mol. The lowest BCUT2D eigenvalue weighted by Gasteiger charge is -2.38. The smallest absolute Gasteiger partial charge is 0.303 e. The molecule has 2 nitrogen and oxygen atoms in total. The number of carboxylic acids is 1. The first-order chi connectivity index (χ1) is 8.94. The van der Waals surface area contributed by atoms with E-state index in [0.29, 0.717) is 12.8 Å². The molecule has 1 fully saturated rings. The van der Waals surface area contributed by atoms with Crippen molar-refractivity contribution in [2.75, 3.05) is 0 Å². The largest absolute Gasteiger partial charge is 0.481 e. The maximum atomic E-state index is 14.3. The van der Waals surface area contributed by atoms with Gasteiger partial charge in [-0.2, -0.15) is 0 Å². The number of carbonyl (C=O) groups is 1. The number of carboxylic acid groups (broad SMARTS) is 1. The lowest BCUT2D eigenvalue weighted by molar-refractivity contribution is -0.143. The van der Waals surface area contributed by atoms with Crippen molar-refractivity contribution >= 4 is 17.3 Å². The van der Waals surface area contributed by atoms with E-state index in [0.717, 1.165) is 30.6 Å². The molecular formula is C14H18F2O2S. The highest BCUT2D eigenvalue weighted by Gasteiger charge is 2.45. The van der Waals surface area contributed by atoms with Crippen molar-refractivity contribution in [3.8, 4) is 0 Å². The van der Waals surface area contributed by atoms with E-state index < -0.39 is 17.3 Å². The molecule has 19 heavy (non-hydrogen) atoms. The maximum Gasteiger partial charge on any atom is 0.303 e. The van der Waals surface area contributed by atoms with Gasteiger partial charge in [-0.15, -0.1) is 11.3 Å². The molecule has 1 heterocycles. The van der Waals surface area contributed by atoms with Crippen molar-refractivity contribution in [3.63, 3.8) is 0 Å². The molecular weight excluding hydrogens is 270 g/mol. The zero-order chi connectivity index (χ0) is 13.9. The van der Waals surface area contributed by atoms with Crippen LogP contribution in [0.3, 0.4) is 0 Å². The SMILES string of the molecule is O=C(O)CC1(CC(F)(F)c2cccs2)CCCCC1. The quantitative estimate of drug-likeness (QED) is 0.856. The van der Waals surface area contributed by atoms with Gasteiger partial charge in [0.1, 0.15) is 0 Å². The third-order valence-corrected chi connectivity index (χ3v) is 4.90. The second-order valence-corrected chi connectivity index (χ2v) is 6.44. The second-order valence-electron chi connectivity index (χ2n) is 5.49. The first kappa shape index (κ1) is 14.4. The molecule has 1 aliphatic rings. The predicted octanol–water partition coefficient (Wildman–Crippen LogP) is 4.66. The van der Waals surface area contributed by atoms with Crippen LogP contribution in [0, 0.1) is 5.41 Å². The molecule has 0 amide bonds. The normalized spacial score (nSPS) is 19.3. The van der Waals surface area contributed by atoms with Crippen LogP contribution in [0.1, 0.15) is 49.8 Å². The Hall–Kier alpha value is -0.970. The molecule has 0 aliphatic heterocycles. The van der Waals surface area contributed by atoms with E-state index in [4.69, 9.17) is 5.11 Å². The van der Waals surface area contributed by atoms with Gasteiger partial charge in [-0.1, -0.05) is 25.3 Å². The highest BCUT2D eigenvalue weighted by atomic mass is 32.1. The van der Waals surface area contributed by atoms with Crippen LogP contribution in [0.4, 0.5) is 8.78 Å². The molecule has 2 rings (SSSR count). The van der Waals surface area contributed by atoms with Gasteiger partial charge in [0.2, 0.25) is 0 Å². The number of aliphatic carboxylic acids is 1. The minimum atomic E-state index is -2.92. The van der Waals surface area contributed by atoms with Gasteiger partial charge in [-0.25, -0.2) is 8.78 Å². The van der Waals surface area contributed by atoms with Crippen LogP contribution >= 0.6 is 11.3 Å². The highest BCUT2D eigenvalue weighted by Crippen LogP contribution is 2.50. The van der Waals surface area contributed by atoms with E-state index in [1.807, 2.05) is 0 Å². The van der Waals surface area contributed by atoms with Gasteiger partial charge in [0, 0.05) is 6.42 Å². The van der Waals surface area contributed by atoms with Crippen molar-refractivity contribution in [2.45, 2.75) is 50.9 Å². The zero-order valence-corrected chi connectivity index (χ0v) is 11.5. The second kappa shape index (κ2) is 5.57. The summed E-state index contributed by atoms with van der Waals surface area (Å²) in [7, 11) is 0. The molecule has 1 aliphatic carbocycles. The summed E-state index contributed by atoms with van der Waals surface area (Å²) in [6.07, 6.45) is 3.44. The van der Waals surface area contributed by atoms with Gasteiger partial charge in [-0.3, -0.25) is 4.79 Å². The van der Waals surface area contributed by atoms with E-state index in [-0.39, 0.29) is 17.7 Å². The molecule has 0 aromatic carbocycles. The Bertz CT molecular complexity index is 423. The summed E-state index contributed by atoms with van der Waals surface area (Å²) in [5, 5.41) is 10.6. The number of hydrogen-bond donors (Lipinski definition) is 1. The third kappa shape index (κ3) is 3.53. The van der Waals surface area contributed by atoms with Crippen molar-refractivity contribution < 1.29 is 18.7 Å². The third-order valence-electron chi connectivity index (χ3n) is 3.92. The fourth-order valence-electron chi connectivity index (χ4n) is 3.08. The Balaban J connectivity index is 2.17. The van der Waals surface area contributed by atoms with Crippen molar-refractivity contribution in [1.82, 2.24) is 0 Å². The number of alkyl halides is 2. The van der Waals surface area contributed by atoms with Crippen molar-refractivity contribution in [1.29, 1.82) is 0 Å². The predicted molar refractivity (Wildman–Crippen MR) is 70.6 cm³/mol. The van der Waals surface area contributed by atoms with Crippen LogP contribution in [0.15, 0.2) is 17.5 Å². The van der Waals surface area contributed by atoms with Crippen LogP contribution < -0.4 is 0 Å².